The lowest BCUT2D eigenvalue weighted by Gasteiger charge is -2.38. The van der Waals surface area contributed by atoms with Crippen LogP contribution in [0.2, 0.25) is 0 Å². The van der Waals surface area contributed by atoms with Gasteiger partial charge in [-0.05, 0) is 81.9 Å². The van der Waals surface area contributed by atoms with Gasteiger partial charge in [0.1, 0.15) is 11.4 Å². The highest BCUT2D eigenvalue weighted by atomic mass is 32.2. The topological polar surface area (TPSA) is 61.3 Å². The maximum absolute atomic E-state index is 11.4. The fourth-order valence-electron chi connectivity index (χ4n) is 4.34. The molecule has 0 amide bonds. The van der Waals surface area contributed by atoms with Gasteiger partial charge in [-0.1, -0.05) is 19.8 Å². The molecule has 2 aromatic rings. The lowest BCUT2D eigenvalue weighted by Crippen LogP contribution is -2.31. The minimum Gasteiger partial charge on any atom is -0.493 e. The van der Waals surface area contributed by atoms with Crippen LogP contribution in [0.4, 0.5) is 0 Å². The summed E-state index contributed by atoms with van der Waals surface area (Å²) in [7, 11) is 0. The second-order valence-electron chi connectivity index (χ2n) is 8.31. The quantitative estimate of drug-likeness (QED) is 0.204. The van der Waals surface area contributed by atoms with Crippen LogP contribution in [0.25, 0.3) is 0 Å². The Morgan fingerprint density at radius 2 is 1.97 bits per heavy atom. The largest absolute Gasteiger partial charge is 0.493 e. The first-order valence-electron chi connectivity index (χ1n) is 11.9. The number of aromatic nitrogens is 2. The Kier molecular flexibility index (Phi) is 9.20. The van der Waals surface area contributed by atoms with Crippen molar-refractivity contribution in [3.8, 4) is 17.6 Å². The van der Waals surface area contributed by atoms with Crippen LogP contribution in [0.5, 0.6) is 5.75 Å². The number of carbonyl (C=O) groups excluding carboxylic acids is 1. The first kappa shape index (κ1) is 25.1. The lowest BCUT2D eigenvalue weighted by molar-refractivity contribution is -0.143. The Bertz CT molecular complexity index is 1000. The van der Waals surface area contributed by atoms with Crippen molar-refractivity contribution in [2.45, 2.75) is 76.0 Å². The molecule has 176 valence electrons. The fourth-order valence-corrected chi connectivity index (χ4v) is 4.89. The summed E-state index contributed by atoms with van der Waals surface area (Å²) < 4.78 is 11.0. The van der Waals surface area contributed by atoms with Gasteiger partial charge in [-0.15, -0.1) is 16.9 Å². The van der Waals surface area contributed by atoms with Gasteiger partial charge in [0.25, 0.3) is 0 Å². The Labute approximate surface area is 202 Å². The van der Waals surface area contributed by atoms with E-state index in [1.165, 1.54) is 5.56 Å². The highest BCUT2D eigenvalue weighted by Gasteiger charge is 2.35. The molecule has 6 heteroatoms. The monoisotopic (exact) mass is 466 g/mol. The predicted octanol–water partition coefficient (Wildman–Crippen LogP) is 5.71. The summed E-state index contributed by atoms with van der Waals surface area (Å²) in [5, 5.41) is 8.61. The smallest absolute Gasteiger partial charge is 0.305 e. The SMILES string of the molecule is CCOC(=O)CCCCc1ccc(C#Cc2cc3c(cc2SC)OCCC3(CC)CC)nn1. The van der Waals surface area contributed by atoms with Crippen LogP contribution in [0.15, 0.2) is 29.2 Å². The van der Waals surface area contributed by atoms with E-state index in [4.69, 9.17) is 9.47 Å². The van der Waals surface area contributed by atoms with Crippen molar-refractivity contribution in [3.63, 3.8) is 0 Å². The van der Waals surface area contributed by atoms with E-state index < -0.39 is 0 Å². The molecule has 1 aromatic heterocycles. The minimum absolute atomic E-state index is 0.136. The van der Waals surface area contributed by atoms with Crippen molar-refractivity contribution in [1.29, 1.82) is 0 Å². The third-order valence-corrected chi connectivity index (χ3v) is 7.26. The molecule has 0 radical (unpaired) electrons. The van der Waals surface area contributed by atoms with E-state index in [0.717, 1.165) is 67.0 Å². The van der Waals surface area contributed by atoms with Gasteiger partial charge in [0.15, 0.2) is 0 Å². The molecule has 0 atom stereocenters. The highest BCUT2D eigenvalue weighted by molar-refractivity contribution is 7.98. The summed E-state index contributed by atoms with van der Waals surface area (Å²) in [6.45, 7) is 7.56. The van der Waals surface area contributed by atoms with Gasteiger partial charge < -0.3 is 9.47 Å². The van der Waals surface area contributed by atoms with Crippen molar-refractivity contribution in [3.05, 3.63) is 46.8 Å². The second kappa shape index (κ2) is 12.1. The van der Waals surface area contributed by atoms with E-state index in [1.54, 1.807) is 11.8 Å². The van der Waals surface area contributed by atoms with Crippen LogP contribution in [-0.4, -0.2) is 35.6 Å². The fraction of sp³-hybridized carbons (Fsp3) is 0.519. The number of hydrogen-bond acceptors (Lipinski definition) is 6. The number of hydrogen-bond donors (Lipinski definition) is 0. The summed E-state index contributed by atoms with van der Waals surface area (Å²) in [5.74, 6) is 7.39. The molecule has 33 heavy (non-hydrogen) atoms. The van der Waals surface area contributed by atoms with Crippen molar-refractivity contribution >= 4 is 17.7 Å². The van der Waals surface area contributed by atoms with E-state index in [2.05, 4.69) is 54.3 Å². The molecular formula is C27H34N2O3S. The van der Waals surface area contributed by atoms with Crippen LogP contribution in [0, 0.1) is 11.8 Å². The average Bonchev–Trinajstić information content (AvgIpc) is 2.85. The number of nitrogens with zero attached hydrogens (tertiary/aromatic N) is 2. The minimum atomic E-state index is -0.136. The maximum Gasteiger partial charge on any atom is 0.305 e. The molecule has 0 aliphatic carbocycles. The van der Waals surface area contributed by atoms with E-state index in [1.807, 2.05) is 19.1 Å². The Morgan fingerprint density at radius 3 is 2.64 bits per heavy atom. The van der Waals surface area contributed by atoms with Gasteiger partial charge in [-0.3, -0.25) is 4.79 Å². The van der Waals surface area contributed by atoms with E-state index in [-0.39, 0.29) is 11.4 Å². The summed E-state index contributed by atoms with van der Waals surface area (Å²) in [6.07, 6.45) is 8.21. The Balaban J connectivity index is 1.71. The zero-order valence-electron chi connectivity index (χ0n) is 20.2. The number of rotatable bonds is 9. The van der Waals surface area contributed by atoms with Gasteiger partial charge in [0, 0.05) is 27.9 Å². The molecule has 2 heterocycles. The first-order valence-corrected chi connectivity index (χ1v) is 13.1. The van der Waals surface area contributed by atoms with Gasteiger partial charge in [0.05, 0.1) is 18.9 Å². The van der Waals surface area contributed by atoms with Crippen LogP contribution >= 0.6 is 11.8 Å². The number of thioether (sulfide) groups is 1. The standard InChI is InChI=1S/C27H34N2O3S/c1-5-27(6-2)16-17-32-24-19-25(33-4)20(18-23(24)27)12-13-22-15-14-21(28-29-22)10-8-9-11-26(30)31-7-3/h14-15,18-19H,5-11,16-17H2,1-4H3. The third kappa shape index (κ3) is 6.29. The number of ether oxygens (including phenoxy) is 2. The van der Waals surface area contributed by atoms with E-state index >= 15 is 0 Å². The van der Waals surface area contributed by atoms with Gasteiger partial charge in [-0.2, -0.15) is 5.10 Å². The third-order valence-electron chi connectivity index (χ3n) is 6.48. The molecule has 1 aliphatic heterocycles. The van der Waals surface area contributed by atoms with Crippen molar-refractivity contribution in [2.75, 3.05) is 19.5 Å². The number of benzene rings is 1. The number of carbonyl (C=O) groups is 1. The van der Waals surface area contributed by atoms with Crippen LogP contribution in [0.3, 0.4) is 0 Å². The summed E-state index contributed by atoms with van der Waals surface area (Å²) in [5.41, 5.74) is 4.03. The van der Waals surface area contributed by atoms with Gasteiger partial charge in [0.2, 0.25) is 0 Å². The van der Waals surface area contributed by atoms with Gasteiger partial charge in [-0.25, -0.2) is 0 Å². The first-order chi connectivity index (χ1) is 16.0. The maximum atomic E-state index is 11.4. The molecule has 1 aliphatic rings. The Hall–Kier alpha value is -2.52. The normalized spacial score (nSPS) is 13.9. The molecule has 5 nitrogen and oxygen atoms in total. The van der Waals surface area contributed by atoms with Gasteiger partial charge >= 0.3 is 5.97 Å². The van der Waals surface area contributed by atoms with E-state index in [9.17, 15) is 4.79 Å². The van der Waals surface area contributed by atoms with Crippen molar-refractivity contribution in [2.24, 2.45) is 0 Å². The van der Waals surface area contributed by atoms with Crippen LogP contribution in [0.1, 0.15) is 81.8 Å². The molecule has 0 unspecified atom stereocenters. The summed E-state index contributed by atoms with van der Waals surface area (Å²) >= 11 is 1.69. The molecule has 0 saturated heterocycles. The highest BCUT2D eigenvalue weighted by Crippen LogP contribution is 2.45. The number of esters is 1. The lowest BCUT2D eigenvalue weighted by atomic mass is 9.71. The molecule has 3 rings (SSSR count). The molecule has 0 fully saturated rings. The average molecular weight is 467 g/mol. The Morgan fingerprint density at radius 1 is 1.15 bits per heavy atom. The number of unbranched alkanes of at least 4 members (excludes halogenated alkanes) is 1. The molecular weight excluding hydrogens is 432 g/mol. The summed E-state index contributed by atoms with van der Waals surface area (Å²) in [6, 6.07) is 8.26. The zero-order chi connectivity index (χ0) is 23.7. The van der Waals surface area contributed by atoms with Crippen molar-refractivity contribution < 1.29 is 14.3 Å². The summed E-state index contributed by atoms with van der Waals surface area (Å²) in [4.78, 5) is 12.5. The van der Waals surface area contributed by atoms with Crippen LogP contribution in [-0.2, 0) is 21.4 Å². The van der Waals surface area contributed by atoms with Crippen molar-refractivity contribution in [1.82, 2.24) is 10.2 Å². The van der Waals surface area contributed by atoms with Crippen LogP contribution < -0.4 is 4.74 Å². The zero-order valence-corrected chi connectivity index (χ0v) is 21.0. The number of aryl methyl sites for hydroxylation is 1. The molecule has 0 saturated carbocycles. The number of fused-ring (bicyclic) bond motifs is 1. The molecule has 0 spiro atoms. The molecule has 0 N–H and O–H groups in total. The molecule has 0 bridgehead atoms. The second-order valence-corrected chi connectivity index (χ2v) is 9.15. The predicted molar refractivity (Wildman–Crippen MR) is 133 cm³/mol. The molecule has 1 aromatic carbocycles. The van der Waals surface area contributed by atoms with E-state index in [0.29, 0.717) is 18.7 Å².